The van der Waals surface area contributed by atoms with Gasteiger partial charge in [-0.05, 0) is 53.2 Å². The molecular weight excluding hydrogens is 578 g/mol. The first-order valence-corrected chi connectivity index (χ1v) is 13.8. The highest BCUT2D eigenvalue weighted by atomic mass is 16.7. The zero-order chi connectivity index (χ0) is 31.5. The molecule has 5 N–H and O–H groups in total. The Bertz CT molecular complexity index is 1520. The van der Waals surface area contributed by atoms with Crippen molar-refractivity contribution < 1.29 is 53.0 Å². The average Bonchev–Trinajstić information content (AvgIpc) is 3.67. The van der Waals surface area contributed by atoms with Crippen LogP contribution in [0, 0.1) is 0 Å². The lowest BCUT2D eigenvalue weighted by Gasteiger charge is -2.25. The second kappa shape index (κ2) is 13.0. The van der Waals surface area contributed by atoms with Gasteiger partial charge in [-0.25, -0.2) is 4.79 Å². The van der Waals surface area contributed by atoms with Crippen molar-refractivity contribution in [3.05, 3.63) is 58.7 Å². The normalized spacial score (nSPS) is 16.8. The van der Waals surface area contributed by atoms with E-state index in [1.54, 1.807) is 12.1 Å². The summed E-state index contributed by atoms with van der Waals surface area (Å²) < 4.78 is 10.3. The molecule has 15 nitrogen and oxygen atoms in total. The van der Waals surface area contributed by atoms with Gasteiger partial charge in [-0.1, -0.05) is 12.1 Å². The van der Waals surface area contributed by atoms with Crippen LogP contribution in [0.3, 0.4) is 0 Å². The molecule has 44 heavy (non-hydrogen) atoms. The standard InChI is InChI=1S/C27H28B2N4O11/c1-14(31-25(37)15-2-4-17-12-42-28(40)19(17)10-15)24(32-26(38)16-3-5-18-13-43-29(41)20(18)11-16)27(39)30-9-8-23(36)44-33-21(34)6-7-22(33)35/h2-5,10-11,14,24,40-41H,6-9,12-13H2,1H3,(H,30,39)(H,31,37)(H,32,38). The van der Waals surface area contributed by atoms with Crippen molar-refractivity contribution in [1.29, 1.82) is 0 Å². The van der Waals surface area contributed by atoms with Gasteiger partial charge in [-0.15, -0.1) is 5.06 Å². The fourth-order valence-corrected chi connectivity index (χ4v) is 4.93. The van der Waals surface area contributed by atoms with Gasteiger partial charge in [0.25, 0.3) is 23.6 Å². The van der Waals surface area contributed by atoms with Gasteiger partial charge in [0.15, 0.2) is 0 Å². The van der Waals surface area contributed by atoms with Gasteiger partial charge >= 0.3 is 20.2 Å². The zero-order valence-corrected chi connectivity index (χ0v) is 23.5. The van der Waals surface area contributed by atoms with Gasteiger partial charge in [0.05, 0.1) is 25.7 Å². The van der Waals surface area contributed by atoms with E-state index in [-0.39, 0.29) is 43.7 Å². The summed E-state index contributed by atoms with van der Waals surface area (Å²) in [6.07, 6.45) is -0.528. The number of hydrogen-bond donors (Lipinski definition) is 5. The number of benzene rings is 2. The largest absolute Gasteiger partial charge is 0.491 e. The molecule has 0 radical (unpaired) electrons. The summed E-state index contributed by atoms with van der Waals surface area (Å²) in [6.45, 7) is 1.60. The average molecular weight is 606 g/mol. The highest BCUT2D eigenvalue weighted by Gasteiger charge is 2.34. The van der Waals surface area contributed by atoms with E-state index in [4.69, 9.17) is 14.1 Å². The third-order valence-corrected chi connectivity index (χ3v) is 7.40. The Morgan fingerprint density at radius 3 is 1.95 bits per heavy atom. The number of carbonyl (C=O) groups excluding carboxylic acids is 6. The summed E-state index contributed by atoms with van der Waals surface area (Å²) in [4.78, 5) is 79.9. The van der Waals surface area contributed by atoms with Gasteiger partial charge in [0.1, 0.15) is 6.04 Å². The SMILES string of the molecule is CC(NC(=O)c1ccc2c(c1)B(O)OC2)C(NC(=O)c1ccc2c(c1)B(O)OC2)C(=O)NCCC(=O)ON1C(=O)CCC1=O. The van der Waals surface area contributed by atoms with Crippen molar-refractivity contribution in [2.24, 2.45) is 0 Å². The lowest BCUT2D eigenvalue weighted by molar-refractivity contribution is -0.197. The third-order valence-electron chi connectivity index (χ3n) is 7.40. The number of nitrogens with zero attached hydrogens (tertiary/aromatic N) is 1. The van der Waals surface area contributed by atoms with Crippen LogP contribution >= 0.6 is 0 Å². The number of amides is 5. The summed E-state index contributed by atoms with van der Waals surface area (Å²) >= 11 is 0. The summed E-state index contributed by atoms with van der Waals surface area (Å²) in [7, 11) is -2.37. The smallest absolute Gasteiger partial charge is 0.423 e. The van der Waals surface area contributed by atoms with Crippen LogP contribution in [0.1, 0.15) is 58.0 Å². The molecule has 3 heterocycles. The molecule has 2 unspecified atom stereocenters. The van der Waals surface area contributed by atoms with Crippen LogP contribution in [0.5, 0.6) is 0 Å². The Morgan fingerprint density at radius 2 is 1.41 bits per heavy atom. The Morgan fingerprint density at radius 1 is 0.886 bits per heavy atom. The predicted octanol–water partition coefficient (Wildman–Crippen LogP) is -2.85. The zero-order valence-electron chi connectivity index (χ0n) is 23.5. The Labute approximate surface area is 251 Å². The third kappa shape index (κ3) is 6.65. The van der Waals surface area contributed by atoms with Crippen LogP contribution < -0.4 is 26.9 Å². The van der Waals surface area contributed by atoms with E-state index in [9.17, 15) is 38.8 Å². The molecule has 3 aliphatic rings. The monoisotopic (exact) mass is 606 g/mol. The summed E-state index contributed by atoms with van der Waals surface area (Å²) in [5.41, 5.74) is 2.61. The van der Waals surface area contributed by atoms with Gasteiger partial charge in [0, 0.05) is 30.5 Å². The number of imide groups is 1. The van der Waals surface area contributed by atoms with Gasteiger partial charge in [-0.2, -0.15) is 0 Å². The minimum absolute atomic E-state index is 0.0656. The topological polar surface area (TPSA) is 210 Å². The van der Waals surface area contributed by atoms with Crippen LogP contribution in [0.25, 0.3) is 0 Å². The Kier molecular flexibility index (Phi) is 9.10. The maximum absolute atomic E-state index is 13.3. The Hall–Kier alpha value is -4.57. The van der Waals surface area contributed by atoms with E-state index >= 15 is 0 Å². The lowest BCUT2D eigenvalue weighted by Crippen LogP contribution is -2.57. The number of fused-ring (bicyclic) bond motifs is 2. The second-order valence-electron chi connectivity index (χ2n) is 10.5. The molecule has 228 valence electrons. The van der Waals surface area contributed by atoms with E-state index in [0.29, 0.717) is 21.6 Å². The van der Waals surface area contributed by atoms with Crippen LogP contribution in [-0.4, -0.2) is 83.5 Å². The highest BCUT2D eigenvalue weighted by molar-refractivity contribution is 6.62. The van der Waals surface area contributed by atoms with E-state index in [1.165, 1.54) is 31.2 Å². The second-order valence-corrected chi connectivity index (χ2v) is 10.5. The Balaban J connectivity index is 1.26. The first-order valence-electron chi connectivity index (χ1n) is 13.8. The van der Waals surface area contributed by atoms with Crippen LogP contribution in [0.4, 0.5) is 0 Å². The number of hydroxylamine groups is 2. The van der Waals surface area contributed by atoms with Gasteiger partial charge in [0.2, 0.25) is 5.91 Å². The molecule has 17 heteroatoms. The first-order chi connectivity index (χ1) is 21.0. The molecule has 5 rings (SSSR count). The molecule has 2 aromatic rings. The first kappa shape index (κ1) is 30.9. The van der Waals surface area contributed by atoms with Crippen LogP contribution in [0.15, 0.2) is 36.4 Å². The van der Waals surface area contributed by atoms with Crippen LogP contribution in [0.2, 0.25) is 0 Å². The quantitative estimate of drug-likeness (QED) is 0.137. The molecule has 1 saturated heterocycles. The van der Waals surface area contributed by atoms with E-state index < -0.39 is 68.2 Å². The summed E-state index contributed by atoms with van der Waals surface area (Å²) in [5, 5.41) is 28.2. The van der Waals surface area contributed by atoms with E-state index in [0.717, 1.165) is 5.56 Å². The molecule has 5 amide bonds. The predicted molar refractivity (Wildman–Crippen MR) is 151 cm³/mol. The van der Waals surface area contributed by atoms with Crippen molar-refractivity contribution in [1.82, 2.24) is 21.0 Å². The summed E-state index contributed by atoms with van der Waals surface area (Å²) in [5.74, 6) is -4.25. The molecule has 2 aromatic carbocycles. The lowest BCUT2D eigenvalue weighted by atomic mass is 9.78. The molecule has 0 bridgehead atoms. The maximum Gasteiger partial charge on any atom is 0.491 e. The summed E-state index contributed by atoms with van der Waals surface area (Å²) in [6, 6.07) is 6.88. The van der Waals surface area contributed by atoms with E-state index in [2.05, 4.69) is 16.0 Å². The fourth-order valence-electron chi connectivity index (χ4n) is 4.93. The molecule has 0 aliphatic carbocycles. The van der Waals surface area contributed by atoms with Crippen LogP contribution in [-0.2, 0) is 46.5 Å². The van der Waals surface area contributed by atoms with Crippen molar-refractivity contribution in [3.8, 4) is 0 Å². The number of nitrogens with one attached hydrogen (secondary N) is 3. The number of rotatable bonds is 10. The molecule has 1 fully saturated rings. The van der Waals surface area contributed by atoms with E-state index in [1.807, 2.05) is 0 Å². The molecule has 0 aromatic heterocycles. The highest BCUT2D eigenvalue weighted by Crippen LogP contribution is 2.14. The fraction of sp³-hybridized carbons (Fsp3) is 0.333. The molecular formula is C27H28B2N4O11. The van der Waals surface area contributed by atoms with Crippen molar-refractivity contribution in [2.75, 3.05) is 6.54 Å². The van der Waals surface area contributed by atoms with Crippen molar-refractivity contribution >= 4 is 60.7 Å². The van der Waals surface area contributed by atoms with Gasteiger partial charge < -0.3 is 40.1 Å². The number of hydrogen-bond acceptors (Lipinski definition) is 11. The number of carbonyl (C=O) groups is 6. The minimum Gasteiger partial charge on any atom is -0.423 e. The molecule has 0 saturated carbocycles. The maximum atomic E-state index is 13.3. The molecule has 2 atom stereocenters. The minimum atomic E-state index is -1.35. The molecule has 3 aliphatic heterocycles. The van der Waals surface area contributed by atoms with Crippen molar-refractivity contribution in [2.45, 2.75) is 51.5 Å². The van der Waals surface area contributed by atoms with Gasteiger partial charge in [-0.3, -0.25) is 24.0 Å². The van der Waals surface area contributed by atoms with Crippen molar-refractivity contribution in [3.63, 3.8) is 0 Å². The molecule has 0 spiro atoms.